The van der Waals surface area contributed by atoms with Crippen LogP contribution in [0.15, 0.2) is 48.7 Å². The first-order valence-electron chi connectivity index (χ1n) is 9.84. The van der Waals surface area contributed by atoms with Crippen molar-refractivity contribution in [1.29, 1.82) is 0 Å². The second-order valence-electron chi connectivity index (χ2n) is 7.76. The molecule has 0 fully saturated rings. The molecule has 2 atom stereocenters. The Hall–Kier alpha value is -3.79. The van der Waals surface area contributed by atoms with Gasteiger partial charge in [0.1, 0.15) is 11.2 Å². The number of nitrogens with zero attached hydrogens (tertiary/aromatic N) is 2. The van der Waals surface area contributed by atoms with Crippen molar-refractivity contribution < 1.29 is 23.9 Å². The Morgan fingerprint density at radius 3 is 2.52 bits per heavy atom. The van der Waals surface area contributed by atoms with E-state index in [4.69, 9.17) is 17.3 Å². The number of halogens is 2. The molecule has 3 rings (SSSR count). The van der Waals surface area contributed by atoms with Gasteiger partial charge in [-0.1, -0.05) is 35.9 Å². The Morgan fingerprint density at radius 1 is 1.24 bits per heavy atom. The summed E-state index contributed by atoms with van der Waals surface area (Å²) in [6.45, 7) is 1.21. The van der Waals surface area contributed by atoms with Gasteiger partial charge in [-0.15, -0.1) is 0 Å². The van der Waals surface area contributed by atoms with Gasteiger partial charge in [0.05, 0.1) is 6.20 Å². The van der Waals surface area contributed by atoms with E-state index in [1.54, 1.807) is 24.3 Å². The van der Waals surface area contributed by atoms with Gasteiger partial charge in [-0.3, -0.25) is 14.4 Å². The molecule has 1 heterocycles. The normalized spacial score (nSPS) is 13.7. The minimum atomic E-state index is -1.91. The minimum Gasteiger partial charge on any atom is -0.480 e. The van der Waals surface area contributed by atoms with Crippen molar-refractivity contribution in [2.75, 3.05) is 0 Å². The first kappa shape index (κ1) is 23.9. The Bertz CT molecular complexity index is 1150. The molecule has 2 amide bonds. The summed E-state index contributed by atoms with van der Waals surface area (Å²) >= 11 is 5.97. The number of H-pyrrole nitrogens is 1. The SMILES string of the molecule is C[C@](C[C@@H](Cc1ccc(-c2cc(Cl)ccc2F)cc1)NC(=O)c1cn[nH]n1)(C(N)=O)C(=O)O. The molecule has 0 saturated heterocycles. The fraction of sp³-hybridized carbons (Fsp3) is 0.227. The predicted octanol–water partition coefficient (Wildman–Crippen LogP) is 2.57. The number of carboxylic acids is 1. The van der Waals surface area contributed by atoms with Crippen LogP contribution < -0.4 is 11.1 Å². The fourth-order valence-electron chi connectivity index (χ4n) is 3.35. The number of carbonyl (C=O) groups excluding carboxylic acids is 2. The number of carboxylic acid groups (broad SMARTS) is 1. The van der Waals surface area contributed by atoms with Crippen molar-refractivity contribution in [3.05, 3.63) is 70.8 Å². The summed E-state index contributed by atoms with van der Waals surface area (Å²) in [7, 11) is 0. The maximum absolute atomic E-state index is 14.2. The molecule has 0 bridgehead atoms. The van der Waals surface area contributed by atoms with Crippen LogP contribution in [0, 0.1) is 11.2 Å². The summed E-state index contributed by atoms with van der Waals surface area (Å²) in [5, 5.41) is 22.2. The molecular weight excluding hydrogens is 453 g/mol. The highest BCUT2D eigenvalue weighted by molar-refractivity contribution is 6.30. The summed E-state index contributed by atoms with van der Waals surface area (Å²) in [6.07, 6.45) is 1.13. The largest absolute Gasteiger partial charge is 0.480 e. The third-order valence-electron chi connectivity index (χ3n) is 5.33. The van der Waals surface area contributed by atoms with Crippen LogP contribution in [0.25, 0.3) is 11.1 Å². The number of amides is 2. The van der Waals surface area contributed by atoms with Crippen molar-refractivity contribution in [1.82, 2.24) is 20.7 Å². The Kier molecular flexibility index (Phi) is 7.07. The summed E-state index contributed by atoms with van der Waals surface area (Å²) in [4.78, 5) is 36.1. The number of carbonyl (C=O) groups is 3. The third kappa shape index (κ3) is 5.53. The number of aromatic amines is 1. The fourth-order valence-corrected chi connectivity index (χ4v) is 3.53. The highest BCUT2D eigenvalue weighted by Gasteiger charge is 2.42. The van der Waals surface area contributed by atoms with Crippen LogP contribution in [0.2, 0.25) is 5.02 Å². The van der Waals surface area contributed by atoms with Crippen LogP contribution in [-0.2, 0) is 16.0 Å². The van der Waals surface area contributed by atoms with E-state index in [2.05, 4.69) is 20.7 Å². The van der Waals surface area contributed by atoms with Crippen molar-refractivity contribution in [2.45, 2.75) is 25.8 Å². The van der Waals surface area contributed by atoms with Crippen LogP contribution in [-0.4, -0.2) is 44.3 Å². The van der Waals surface area contributed by atoms with E-state index in [0.29, 0.717) is 21.7 Å². The second kappa shape index (κ2) is 9.78. The van der Waals surface area contributed by atoms with Gasteiger partial charge in [0, 0.05) is 16.6 Å². The molecule has 0 aliphatic heterocycles. The molecule has 0 unspecified atom stereocenters. The van der Waals surface area contributed by atoms with Gasteiger partial charge < -0.3 is 16.2 Å². The zero-order valence-electron chi connectivity index (χ0n) is 17.5. The number of primary amides is 1. The lowest BCUT2D eigenvalue weighted by atomic mass is 9.81. The maximum Gasteiger partial charge on any atom is 0.318 e. The number of aromatic nitrogens is 3. The third-order valence-corrected chi connectivity index (χ3v) is 5.56. The first-order chi connectivity index (χ1) is 15.6. The van der Waals surface area contributed by atoms with E-state index in [0.717, 1.165) is 0 Å². The number of rotatable bonds is 9. The number of nitrogens with two attached hydrogens (primary N) is 1. The highest BCUT2D eigenvalue weighted by Crippen LogP contribution is 2.28. The monoisotopic (exact) mass is 473 g/mol. The zero-order chi connectivity index (χ0) is 24.2. The molecule has 0 radical (unpaired) electrons. The molecule has 33 heavy (non-hydrogen) atoms. The van der Waals surface area contributed by atoms with E-state index < -0.39 is 35.1 Å². The van der Waals surface area contributed by atoms with Gasteiger partial charge in [-0.05, 0) is 49.1 Å². The van der Waals surface area contributed by atoms with Gasteiger partial charge in [0.15, 0.2) is 5.69 Å². The Morgan fingerprint density at radius 2 is 1.94 bits per heavy atom. The number of benzene rings is 2. The topological polar surface area (TPSA) is 151 Å². The van der Waals surface area contributed by atoms with Gasteiger partial charge in [-0.25, -0.2) is 4.39 Å². The van der Waals surface area contributed by atoms with Gasteiger partial charge in [0.2, 0.25) is 5.91 Å². The minimum absolute atomic E-state index is 0.00267. The maximum atomic E-state index is 14.2. The van der Waals surface area contributed by atoms with Crippen LogP contribution in [0.1, 0.15) is 29.4 Å². The van der Waals surface area contributed by atoms with Gasteiger partial charge in [-0.2, -0.15) is 15.4 Å². The summed E-state index contributed by atoms with van der Waals surface area (Å²) < 4.78 is 14.2. The first-order valence-corrected chi connectivity index (χ1v) is 10.2. The molecule has 0 spiro atoms. The average Bonchev–Trinajstić information content (AvgIpc) is 3.31. The van der Waals surface area contributed by atoms with E-state index in [9.17, 15) is 23.9 Å². The van der Waals surface area contributed by atoms with E-state index >= 15 is 0 Å². The molecule has 9 nitrogen and oxygen atoms in total. The van der Waals surface area contributed by atoms with Crippen molar-refractivity contribution in [3.8, 4) is 11.1 Å². The van der Waals surface area contributed by atoms with E-state index in [1.807, 2.05) is 0 Å². The van der Waals surface area contributed by atoms with E-state index in [-0.39, 0.29) is 18.5 Å². The van der Waals surface area contributed by atoms with Crippen LogP contribution in [0.3, 0.4) is 0 Å². The quantitative estimate of drug-likeness (QED) is 0.350. The van der Waals surface area contributed by atoms with Crippen LogP contribution in [0.5, 0.6) is 0 Å². The van der Waals surface area contributed by atoms with Gasteiger partial charge in [0.25, 0.3) is 5.91 Å². The predicted molar refractivity (Wildman–Crippen MR) is 118 cm³/mol. The van der Waals surface area contributed by atoms with E-state index in [1.165, 1.54) is 31.3 Å². The summed E-state index contributed by atoms with van der Waals surface area (Å²) in [6, 6.07) is 10.3. The van der Waals surface area contributed by atoms with Gasteiger partial charge >= 0.3 is 5.97 Å². The number of hydrogen-bond acceptors (Lipinski definition) is 5. The highest BCUT2D eigenvalue weighted by atomic mass is 35.5. The van der Waals surface area contributed by atoms with Crippen molar-refractivity contribution in [3.63, 3.8) is 0 Å². The molecule has 0 aliphatic carbocycles. The molecule has 0 aliphatic rings. The molecule has 2 aromatic carbocycles. The lowest BCUT2D eigenvalue weighted by molar-refractivity contribution is -0.154. The van der Waals surface area contributed by atoms with Crippen molar-refractivity contribution in [2.24, 2.45) is 11.1 Å². The molecule has 172 valence electrons. The summed E-state index contributed by atoms with van der Waals surface area (Å²) in [5.74, 6) is -3.45. The van der Waals surface area contributed by atoms with Crippen LogP contribution in [0.4, 0.5) is 4.39 Å². The zero-order valence-corrected chi connectivity index (χ0v) is 18.3. The number of hydrogen-bond donors (Lipinski definition) is 4. The smallest absolute Gasteiger partial charge is 0.318 e. The molecule has 1 aromatic heterocycles. The Balaban J connectivity index is 1.85. The molecule has 0 saturated carbocycles. The van der Waals surface area contributed by atoms with Crippen molar-refractivity contribution >= 4 is 29.4 Å². The number of aliphatic carboxylic acids is 1. The average molecular weight is 474 g/mol. The Labute approximate surface area is 193 Å². The summed E-state index contributed by atoms with van der Waals surface area (Å²) in [5.41, 5.74) is 5.07. The lowest BCUT2D eigenvalue weighted by Crippen LogP contribution is -2.48. The molecule has 5 N–H and O–H groups in total. The van der Waals surface area contributed by atoms with Crippen LogP contribution >= 0.6 is 11.6 Å². The number of nitrogens with one attached hydrogen (secondary N) is 2. The molecule has 3 aromatic rings. The molecule has 11 heteroatoms. The second-order valence-corrected chi connectivity index (χ2v) is 8.19. The lowest BCUT2D eigenvalue weighted by Gasteiger charge is -2.27. The standard InChI is InChI=1S/C22H21ClFN5O4/c1-22(20(25)31,21(32)33)10-15(27-19(30)18-11-26-29-28-18)8-12-2-4-13(5-3-12)16-9-14(23)6-7-17(16)24/h2-7,9,11,15H,8,10H2,1H3,(H2,25,31)(H,27,30)(H,32,33)(H,26,28,29)/t15-,22+/m1/s1. The molecular formula is C22H21ClFN5O4.